The Bertz CT molecular complexity index is 461. The van der Waals surface area contributed by atoms with Crippen molar-refractivity contribution >= 4 is 27.5 Å². The van der Waals surface area contributed by atoms with Crippen LogP contribution in [0, 0.1) is 0 Å². The maximum Gasteiger partial charge on any atom is 0.284 e. The SMILES string of the molecule is Clc1cccc(OCc2nnc(Br)o2)c1. The summed E-state index contributed by atoms with van der Waals surface area (Å²) in [7, 11) is 0. The van der Waals surface area contributed by atoms with Crippen LogP contribution in [0.3, 0.4) is 0 Å². The van der Waals surface area contributed by atoms with Gasteiger partial charge in [-0.15, -0.1) is 10.2 Å². The first kappa shape index (κ1) is 10.4. The summed E-state index contributed by atoms with van der Waals surface area (Å²) < 4.78 is 10.5. The molecule has 1 aromatic carbocycles. The Labute approximate surface area is 99.3 Å². The van der Waals surface area contributed by atoms with Gasteiger partial charge in [-0.2, -0.15) is 0 Å². The maximum atomic E-state index is 5.79. The summed E-state index contributed by atoms with van der Waals surface area (Å²) in [5, 5.41) is 8.00. The molecule has 1 heterocycles. The Morgan fingerprint density at radius 2 is 2.27 bits per heavy atom. The minimum atomic E-state index is 0.221. The van der Waals surface area contributed by atoms with Crippen LogP contribution in [0.15, 0.2) is 33.5 Å². The normalized spacial score (nSPS) is 10.3. The average molecular weight is 290 g/mol. The summed E-state index contributed by atoms with van der Waals surface area (Å²) in [6.45, 7) is 0.221. The molecule has 0 amide bonds. The van der Waals surface area contributed by atoms with Crippen molar-refractivity contribution in [3.8, 4) is 5.75 Å². The molecule has 1 aromatic heterocycles. The van der Waals surface area contributed by atoms with Gasteiger partial charge in [0.25, 0.3) is 10.7 Å². The van der Waals surface area contributed by atoms with Gasteiger partial charge in [0.1, 0.15) is 5.75 Å². The van der Waals surface area contributed by atoms with Crippen LogP contribution in [-0.4, -0.2) is 10.2 Å². The fourth-order valence-corrected chi connectivity index (χ4v) is 1.44. The second-order valence-corrected chi connectivity index (χ2v) is 3.81. The number of nitrogens with zero attached hydrogens (tertiary/aromatic N) is 2. The van der Waals surface area contributed by atoms with Crippen LogP contribution in [0.4, 0.5) is 0 Å². The summed E-state index contributed by atoms with van der Waals surface area (Å²) in [4.78, 5) is 0.340. The highest BCUT2D eigenvalue weighted by atomic mass is 79.9. The van der Waals surface area contributed by atoms with E-state index in [0.717, 1.165) is 0 Å². The lowest BCUT2D eigenvalue weighted by molar-refractivity contribution is 0.260. The Kier molecular flexibility index (Phi) is 3.23. The highest BCUT2D eigenvalue weighted by Crippen LogP contribution is 2.18. The summed E-state index contributed by atoms with van der Waals surface area (Å²) in [5.41, 5.74) is 0. The minimum absolute atomic E-state index is 0.221. The van der Waals surface area contributed by atoms with Crippen LogP contribution in [0.1, 0.15) is 5.89 Å². The zero-order valence-electron chi connectivity index (χ0n) is 7.48. The van der Waals surface area contributed by atoms with Crippen molar-refractivity contribution in [2.75, 3.05) is 0 Å². The minimum Gasteiger partial charge on any atom is -0.484 e. The lowest BCUT2D eigenvalue weighted by Crippen LogP contribution is -1.95. The fourth-order valence-electron chi connectivity index (χ4n) is 0.993. The molecule has 0 saturated heterocycles. The van der Waals surface area contributed by atoms with Gasteiger partial charge in [-0.1, -0.05) is 17.7 Å². The predicted octanol–water partition coefficient (Wildman–Crippen LogP) is 3.06. The standard InChI is InChI=1S/C9H6BrClN2O2/c10-9-13-12-8(15-9)5-14-7-3-1-2-6(11)4-7/h1-4H,5H2. The number of hydrogen-bond acceptors (Lipinski definition) is 4. The van der Waals surface area contributed by atoms with E-state index >= 15 is 0 Å². The average Bonchev–Trinajstić information content (AvgIpc) is 2.62. The molecule has 78 valence electrons. The van der Waals surface area contributed by atoms with Crippen molar-refractivity contribution in [1.82, 2.24) is 10.2 Å². The molecule has 15 heavy (non-hydrogen) atoms. The second kappa shape index (κ2) is 4.63. The summed E-state index contributed by atoms with van der Waals surface area (Å²) >= 11 is 8.84. The van der Waals surface area contributed by atoms with E-state index in [1.54, 1.807) is 24.3 Å². The van der Waals surface area contributed by atoms with Crippen LogP contribution in [-0.2, 0) is 6.61 Å². The molecule has 0 spiro atoms. The second-order valence-electron chi connectivity index (χ2n) is 2.69. The zero-order chi connectivity index (χ0) is 10.7. The van der Waals surface area contributed by atoms with Crippen LogP contribution in [0.5, 0.6) is 5.75 Å². The highest BCUT2D eigenvalue weighted by molar-refractivity contribution is 9.10. The maximum absolute atomic E-state index is 5.79. The van der Waals surface area contributed by atoms with Crippen molar-refractivity contribution < 1.29 is 9.15 Å². The largest absolute Gasteiger partial charge is 0.484 e. The molecule has 6 heteroatoms. The Hall–Kier alpha value is -1.07. The Morgan fingerprint density at radius 1 is 1.40 bits per heavy atom. The Morgan fingerprint density at radius 3 is 2.93 bits per heavy atom. The lowest BCUT2D eigenvalue weighted by atomic mass is 10.3. The van der Waals surface area contributed by atoms with Crippen molar-refractivity contribution in [1.29, 1.82) is 0 Å². The summed E-state index contributed by atoms with van der Waals surface area (Å²) in [6, 6.07) is 7.10. The molecule has 2 aromatic rings. The van der Waals surface area contributed by atoms with Crippen LogP contribution in [0.2, 0.25) is 5.02 Å². The first-order valence-electron chi connectivity index (χ1n) is 4.10. The highest BCUT2D eigenvalue weighted by Gasteiger charge is 2.03. The third kappa shape index (κ3) is 2.94. The van der Waals surface area contributed by atoms with E-state index in [1.807, 2.05) is 0 Å². The third-order valence-corrected chi connectivity index (χ3v) is 2.16. The van der Waals surface area contributed by atoms with E-state index in [-0.39, 0.29) is 6.61 Å². The van der Waals surface area contributed by atoms with Crippen LogP contribution >= 0.6 is 27.5 Å². The lowest BCUT2D eigenvalue weighted by Gasteiger charge is -2.02. The number of rotatable bonds is 3. The molecular weight excluding hydrogens is 283 g/mol. The van der Waals surface area contributed by atoms with Gasteiger partial charge in [0.05, 0.1) is 0 Å². The molecule has 0 N–H and O–H groups in total. The molecule has 0 aliphatic rings. The van der Waals surface area contributed by atoms with E-state index in [0.29, 0.717) is 21.5 Å². The van der Waals surface area contributed by atoms with Gasteiger partial charge in [0.15, 0.2) is 6.61 Å². The number of halogens is 2. The third-order valence-electron chi connectivity index (χ3n) is 1.60. The number of aromatic nitrogens is 2. The number of ether oxygens (including phenoxy) is 1. The van der Waals surface area contributed by atoms with Crippen LogP contribution < -0.4 is 4.74 Å². The molecule has 0 saturated carbocycles. The van der Waals surface area contributed by atoms with Gasteiger partial charge in [0.2, 0.25) is 0 Å². The zero-order valence-corrected chi connectivity index (χ0v) is 9.83. The van der Waals surface area contributed by atoms with Crippen molar-refractivity contribution in [3.05, 3.63) is 40.0 Å². The van der Waals surface area contributed by atoms with Gasteiger partial charge in [-0.05, 0) is 18.2 Å². The first-order chi connectivity index (χ1) is 7.24. The van der Waals surface area contributed by atoms with Gasteiger partial charge in [0, 0.05) is 21.0 Å². The quantitative estimate of drug-likeness (QED) is 0.871. The topological polar surface area (TPSA) is 48.2 Å². The Balaban J connectivity index is 1.99. The molecule has 4 nitrogen and oxygen atoms in total. The summed E-state index contributed by atoms with van der Waals surface area (Å²) in [5.74, 6) is 1.07. The molecule has 2 rings (SSSR count). The van der Waals surface area contributed by atoms with E-state index in [4.69, 9.17) is 20.8 Å². The van der Waals surface area contributed by atoms with Gasteiger partial charge in [-0.25, -0.2) is 0 Å². The van der Waals surface area contributed by atoms with Gasteiger partial charge >= 0.3 is 0 Å². The first-order valence-corrected chi connectivity index (χ1v) is 5.27. The fraction of sp³-hybridized carbons (Fsp3) is 0.111. The number of hydrogen-bond donors (Lipinski definition) is 0. The van der Waals surface area contributed by atoms with Gasteiger partial charge in [-0.3, -0.25) is 0 Å². The summed E-state index contributed by atoms with van der Waals surface area (Å²) in [6.07, 6.45) is 0. The smallest absolute Gasteiger partial charge is 0.284 e. The predicted molar refractivity (Wildman–Crippen MR) is 57.8 cm³/mol. The van der Waals surface area contributed by atoms with Crippen LogP contribution in [0.25, 0.3) is 0 Å². The molecular formula is C9H6BrClN2O2. The van der Waals surface area contributed by atoms with Crippen molar-refractivity contribution in [3.63, 3.8) is 0 Å². The molecule has 0 aliphatic carbocycles. The monoisotopic (exact) mass is 288 g/mol. The van der Waals surface area contributed by atoms with Crippen molar-refractivity contribution in [2.45, 2.75) is 6.61 Å². The molecule has 0 bridgehead atoms. The van der Waals surface area contributed by atoms with E-state index < -0.39 is 0 Å². The van der Waals surface area contributed by atoms with E-state index in [9.17, 15) is 0 Å². The van der Waals surface area contributed by atoms with E-state index in [2.05, 4.69) is 26.1 Å². The molecule has 0 atom stereocenters. The molecule has 0 unspecified atom stereocenters. The van der Waals surface area contributed by atoms with Crippen molar-refractivity contribution in [2.24, 2.45) is 0 Å². The molecule has 0 fully saturated rings. The van der Waals surface area contributed by atoms with Gasteiger partial charge < -0.3 is 9.15 Å². The number of benzene rings is 1. The van der Waals surface area contributed by atoms with E-state index in [1.165, 1.54) is 0 Å². The molecule has 0 radical (unpaired) electrons. The molecule has 0 aliphatic heterocycles.